The Hall–Kier alpha value is -4.99. The van der Waals surface area contributed by atoms with Crippen molar-refractivity contribution < 1.29 is 24.0 Å². The SMILES string of the molecule is CC(C)c1cccc(NC(=O)NC(c2ccc(C(=O)NCCC(=O)O)cc2)c2ccc(C3CCCCC3)cc2)c1-c1ncno1. The molecule has 3 amide bonds. The Morgan fingerprint density at radius 3 is 2.24 bits per heavy atom. The Morgan fingerprint density at radius 2 is 1.62 bits per heavy atom. The molecule has 1 heterocycles. The van der Waals surface area contributed by atoms with Gasteiger partial charge in [-0.15, -0.1) is 0 Å². The standard InChI is InChI=1S/C35H39N5O5/c1-22(2)28-9-6-10-29(31(28)34-37-21-38-45-34)39-35(44)40-32(25-13-11-24(12-14-25)23-7-4-3-5-8-23)26-15-17-27(18-16-26)33(43)36-20-19-30(41)42/h6,9-18,21-23,32H,3-5,7-8,19-20H2,1-2H3,(H,36,43)(H,41,42)(H2,39,40,44). The van der Waals surface area contributed by atoms with Gasteiger partial charge in [0.2, 0.25) is 0 Å². The number of nitrogens with zero attached hydrogens (tertiary/aromatic N) is 2. The van der Waals surface area contributed by atoms with E-state index in [1.165, 1.54) is 44.0 Å². The maximum atomic E-state index is 13.6. The molecule has 1 fully saturated rings. The van der Waals surface area contributed by atoms with E-state index >= 15 is 0 Å². The van der Waals surface area contributed by atoms with Gasteiger partial charge in [0.05, 0.1) is 23.7 Å². The van der Waals surface area contributed by atoms with Crippen molar-refractivity contribution in [2.75, 3.05) is 11.9 Å². The fraction of sp³-hybridized carbons (Fsp3) is 0.343. The first-order chi connectivity index (χ1) is 21.8. The van der Waals surface area contributed by atoms with Crippen LogP contribution in [-0.4, -0.2) is 39.7 Å². The number of carbonyl (C=O) groups excluding carboxylic acids is 2. The zero-order valence-electron chi connectivity index (χ0n) is 25.6. The van der Waals surface area contributed by atoms with Crippen molar-refractivity contribution in [2.45, 2.75) is 70.3 Å². The summed E-state index contributed by atoms with van der Waals surface area (Å²) in [6, 6.07) is 20.1. The number of hydrogen-bond donors (Lipinski definition) is 4. The average molecular weight is 610 g/mol. The zero-order chi connectivity index (χ0) is 31.8. The molecule has 10 heteroatoms. The molecular formula is C35H39N5O5. The number of aromatic nitrogens is 2. The summed E-state index contributed by atoms with van der Waals surface area (Å²) in [4.78, 5) is 41.2. The third-order valence-electron chi connectivity index (χ3n) is 8.29. The van der Waals surface area contributed by atoms with Gasteiger partial charge in [-0.1, -0.05) is 86.8 Å². The molecule has 4 aromatic rings. The van der Waals surface area contributed by atoms with Gasteiger partial charge in [-0.25, -0.2) is 4.79 Å². The second-order valence-corrected chi connectivity index (χ2v) is 11.7. The summed E-state index contributed by atoms with van der Waals surface area (Å²) in [5, 5.41) is 21.4. The molecule has 45 heavy (non-hydrogen) atoms. The molecule has 234 valence electrons. The van der Waals surface area contributed by atoms with E-state index in [0.717, 1.165) is 16.7 Å². The summed E-state index contributed by atoms with van der Waals surface area (Å²) in [6.45, 7) is 4.15. The Morgan fingerprint density at radius 1 is 0.933 bits per heavy atom. The lowest BCUT2D eigenvalue weighted by molar-refractivity contribution is -0.136. The highest BCUT2D eigenvalue weighted by atomic mass is 16.5. The highest BCUT2D eigenvalue weighted by Gasteiger charge is 2.23. The summed E-state index contributed by atoms with van der Waals surface area (Å²) in [5.41, 5.74) is 5.57. The minimum atomic E-state index is -0.979. The van der Waals surface area contributed by atoms with Crippen LogP contribution in [0.15, 0.2) is 77.6 Å². The number of urea groups is 1. The van der Waals surface area contributed by atoms with Crippen LogP contribution in [0.1, 0.15) is 103 Å². The van der Waals surface area contributed by atoms with Crippen LogP contribution in [0, 0.1) is 0 Å². The number of nitrogens with one attached hydrogen (secondary N) is 3. The summed E-state index contributed by atoms with van der Waals surface area (Å²) < 4.78 is 5.39. The predicted molar refractivity (Wildman–Crippen MR) is 171 cm³/mol. The van der Waals surface area contributed by atoms with E-state index in [0.29, 0.717) is 28.6 Å². The van der Waals surface area contributed by atoms with Crippen LogP contribution >= 0.6 is 0 Å². The van der Waals surface area contributed by atoms with Crippen LogP contribution in [0.3, 0.4) is 0 Å². The summed E-state index contributed by atoms with van der Waals surface area (Å²) in [5.74, 6) is -0.320. The van der Waals surface area contributed by atoms with Crippen molar-refractivity contribution >= 4 is 23.6 Å². The number of amides is 3. The molecule has 1 aliphatic rings. The molecule has 5 rings (SSSR count). The number of rotatable bonds is 11. The Bertz CT molecular complexity index is 1590. The molecule has 0 saturated heterocycles. The third-order valence-corrected chi connectivity index (χ3v) is 8.29. The molecule has 10 nitrogen and oxygen atoms in total. The second kappa shape index (κ2) is 14.7. The van der Waals surface area contributed by atoms with Crippen molar-refractivity contribution in [3.63, 3.8) is 0 Å². The normalized spacial score (nSPS) is 14.1. The smallest absolute Gasteiger partial charge is 0.320 e. The Labute approximate surface area is 262 Å². The van der Waals surface area contributed by atoms with Crippen LogP contribution < -0.4 is 16.0 Å². The highest BCUT2D eigenvalue weighted by Crippen LogP contribution is 2.36. The first-order valence-electron chi connectivity index (χ1n) is 15.5. The molecule has 3 aromatic carbocycles. The van der Waals surface area contributed by atoms with Crippen molar-refractivity contribution in [2.24, 2.45) is 0 Å². The first kappa shape index (κ1) is 31.4. The molecule has 0 aliphatic heterocycles. The molecule has 0 spiro atoms. The molecule has 1 aliphatic carbocycles. The molecule has 1 saturated carbocycles. The van der Waals surface area contributed by atoms with E-state index in [-0.39, 0.29) is 24.8 Å². The van der Waals surface area contributed by atoms with Gasteiger partial charge < -0.3 is 25.6 Å². The molecular weight excluding hydrogens is 570 g/mol. The van der Waals surface area contributed by atoms with Crippen molar-refractivity contribution in [3.05, 3.63) is 101 Å². The lowest BCUT2D eigenvalue weighted by Gasteiger charge is -2.24. The molecule has 1 atom stereocenters. The van der Waals surface area contributed by atoms with Gasteiger partial charge in [0, 0.05) is 12.1 Å². The number of hydrogen-bond acceptors (Lipinski definition) is 6. The lowest BCUT2D eigenvalue weighted by Crippen LogP contribution is -2.33. The van der Waals surface area contributed by atoms with Crippen LogP contribution in [0.2, 0.25) is 0 Å². The van der Waals surface area contributed by atoms with Gasteiger partial charge in [0.25, 0.3) is 11.8 Å². The van der Waals surface area contributed by atoms with Crippen molar-refractivity contribution in [3.8, 4) is 11.5 Å². The molecule has 4 N–H and O–H groups in total. The van der Waals surface area contributed by atoms with Gasteiger partial charge in [-0.3, -0.25) is 9.59 Å². The second-order valence-electron chi connectivity index (χ2n) is 11.7. The van der Waals surface area contributed by atoms with E-state index in [1.54, 1.807) is 30.3 Å². The minimum absolute atomic E-state index is 0.0389. The van der Waals surface area contributed by atoms with Crippen LogP contribution in [0.4, 0.5) is 10.5 Å². The summed E-state index contributed by atoms with van der Waals surface area (Å²) >= 11 is 0. The number of anilines is 1. The number of carboxylic acids is 1. The van der Waals surface area contributed by atoms with E-state index in [2.05, 4.69) is 64.2 Å². The third kappa shape index (κ3) is 7.94. The average Bonchev–Trinajstić information content (AvgIpc) is 3.59. The van der Waals surface area contributed by atoms with Crippen molar-refractivity contribution in [1.82, 2.24) is 20.8 Å². The molecule has 1 unspecified atom stereocenters. The van der Waals surface area contributed by atoms with Gasteiger partial charge in [0.15, 0.2) is 6.33 Å². The van der Waals surface area contributed by atoms with Gasteiger partial charge in [-0.2, -0.15) is 4.98 Å². The van der Waals surface area contributed by atoms with Gasteiger partial charge >= 0.3 is 12.0 Å². The fourth-order valence-corrected chi connectivity index (χ4v) is 5.93. The molecule has 0 radical (unpaired) electrons. The minimum Gasteiger partial charge on any atom is -0.481 e. The predicted octanol–water partition coefficient (Wildman–Crippen LogP) is 7.02. The van der Waals surface area contributed by atoms with Crippen molar-refractivity contribution in [1.29, 1.82) is 0 Å². The topological polar surface area (TPSA) is 146 Å². The Balaban J connectivity index is 1.41. The van der Waals surface area contributed by atoms with E-state index in [9.17, 15) is 14.4 Å². The number of carboxylic acid groups (broad SMARTS) is 1. The van der Waals surface area contributed by atoms with Crippen LogP contribution in [0.5, 0.6) is 0 Å². The van der Waals surface area contributed by atoms with E-state index < -0.39 is 18.0 Å². The molecule has 1 aromatic heterocycles. The van der Waals surface area contributed by atoms with E-state index in [4.69, 9.17) is 9.63 Å². The molecule has 0 bridgehead atoms. The van der Waals surface area contributed by atoms with E-state index in [1.807, 2.05) is 12.1 Å². The maximum Gasteiger partial charge on any atom is 0.320 e. The zero-order valence-corrected chi connectivity index (χ0v) is 25.6. The van der Waals surface area contributed by atoms with Gasteiger partial charge in [-0.05, 0) is 65.1 Å². The maximum absolute atomic E-state index is 13.6. The quantitative estimate of drug-likeness (QED) is 0.143. The lowest BCUT2D eigenvalue weighted by atomic mass is 9.83. The Kier molecular flexibility index (Phi) is 10.2. The number of benzene rings is 3. The summed E-state index contributed by atoms with van der Waals surface area (Å²) in [6.07, 6.45) is 7.34. The van der Waals surface area contributed by atoms with Crippen LogP contribution in [-0.2, 0) is 4.79 Å². The number of aliphatic carboxylic acids is 1. The largest absolute Gasteiger partial charge is 0.481 e. The van der Waals surface area contributed by atoms with Crippen LogP contribution in [0.25, 0.3) is 11.5 Å². The number of carbonyl (C=O) groups is 3. The fourth-order valence-electron chi connectivity index (χ4n) is 5.93. The monoisotopic (exact) mass is 609 g/mol. The highest BCUT2D eigenvalue weighted by molar-refractivity contribution is 5.95. The first-order valence-corrected chi connectivity index (χ1v) is 15.5. The summed E-state index contributed by atoms with van der Waals surface area (Å²) in [7, 11) is 0. The van der Waals surface area contributed by atoms with Gasteiger partial charge in [0.1, 0.15) is 0 Å².